The molecule has 0 aromatic heterocycles. The fourth-order valence-electron chi connectivity index (χ4n) is 0.880. The Morgan fingerprint density at radius 2 is 2.25 bits per heavy atom. The second-order valence-electron chi connectivity index (χ2n) is 2.23. The van der Waals surface area contributed by atoms with Crippen LogP contribution in [0.5, 0.6) is 5.75 Å². The van der Waals surface area contributed by atoms with Crippen LogP contribution < -0.4 is 10.5 Å². The number of anilines is 1. The topological polar surface area (TPSA) is 52.3 Å². The van der Waals surface area contributed by atoms with E-state index in [1.165, 1.54) is 7.11 Å². The first kappa shape index (κ1) is 8.52. The molecule has 1 rings (SSSR count). The van der Waals surface area contributed by atoms with Crippen LogP contribution in [0.4, 0.5) is 10.1 Å². The smallest absolute Gasteiger partial charge is 0.152 e. The number of halogens is 1. The van der Waals surface area contributed by atoms with Gasteiger partial charge in [0.05, 0.1) is 12.8 Å². The zero-order chi connectivity index (χ0) is 9.14. The van der Waals surface area contributed by atoms with Gasteiger partial charge in [0.25, 0.3) is 0 Å². The van der Waals surface area contributed by atoms with Gasteiger partial charge in [-0.05, 0) is 6.07 Å². The molecule has 4 heteroatoms. The van der Waals surface area contributed by atoms with Crippen LogP contribution in [-0.2, 0) is 0 Å². The number of nitrogens with two attached hydrogens (primary N) is 1. The molecule has 0 heterocycles. The molecule has 0 bridgehead atoms. The summed E-state index contributed by atoms with van der Waals surface area (Å²) in [7, 11) is 1.36. The van der Waals surface area contributed by atoms with E-state index in [-0.39, 0.29) is 17.0 Å². The van der Waals surface area contributed by atoms with E-state index in [4.69, 9.17) is 10.5 Å². The highest BCUT2D eigenvalue weighted by Crippen LogP contribution is 2.25. The van der Waals surface area contributed by atoms with E-state index in [9.17, 15) is 9.18 Å². The number of aldehydes is 1. The molecule has 0 aliphatic carbocycles. The predicted molar refractivity (Wildman–Crippen MR) is 42.8 cm³/mol. The largest absolute Gasteiger partial charge is 0.494 e. The first-order valence-corrected chi connectivity index (χ1v) is 3.27. The van der Waals surface area contributed by atoms with Crippen molar-refractivity contribution in [2.45, 2.75) is 0 Å². The molecule has 0 radical (unpaired) electrons. The molecule has 64 valence electrons. The van der Waals surface area contributed by atoms with Crippen LogP contribution >= 0.6 is 0 Å². The molecule has 0 amide bonds. The molecule has 0 unspecified atom stereocenters. The average Bonchev–Trinajstić information content (AvgIpc) is 2.08. The zero-order valence-corrected chi connectivity index (χ0v) is 6.50. The Balaban J connectivity index is 3.31. The second kappa shape index (κ2) is 3.21. The van der Waals surface area contributed by atoms with Crippen LogP contribution in [0.3, 0.4) is 0 Å². The van der Waals surface area contributed by atoms with E-state index in [0.29, 0.717) is 6.29 Å². The predicted octanol–water partition coefficient (Wildman–Crippen LogP) is 1.23. The van der Waals surface area contributed by atoms with Crippen molar-refractivity contribution < 1.29 is 13.9 Å². The fourth-order valence-corrected chi connectivity index (χ4v) is 0.880. The highest BCUT2D eigenvalue weighted by atomic mass is 19.1. The first-order valence-electron chi connectivity index (χ1n) is 3.27. The first-order chi connectivity index (χ1) is 5.69. The van der Waals surface area contributed by atoms with Crippen molar-refractivity contribution in [1.29, 1.82) is 0 Å². The SMILES string of the molecule is COc1cc(F)cc(C=O)c1N. The number of hydrogen-bond donors (Lipinski definition) is 1. The molecule has 0 saturated heterocycles. The van der Waals surface area contributed by atoms with Gasteiger partial charge in [-0.15, -0.1) is 0 Å². The van der Waals surface area contributed by atoms with Gasteiger partial charge in [-0.25, -0.2) is 4.39 Å². The molecule has 0 atom stereocenters. The summed E-state index contributed by atoms with van der Waals surface area (Å²) < 4.78 is 17.4. The third-order valence-corrected chi connectivity index (χ3v) is 1.49. The summed E-state index contributed by atoms with van der Waals surface area (Å²) >= 11 is 0. The van der Waals surface area contributed by atoms with Crippen LogP contribution in [0.1, 0.15) is 10.4 Å². The number of ether oxygens (including phenoxy) is 1. The van der Waals surface area contributed by atoms with E-state index >= 15 is 0 Å². The highest BCUT2D eigenvalue weighted by Gasteiger charge is 2.07. The summed E-state index contributed by atoms with van der Waals surface area (Å²) in [6.45, 7) is 0. The average molecular weight is 169 g/mol. The Kier molecular flexibility index (Phi) is 2.28. The van der Waals surface area contributed by atoms with Gasteiger partial charge in [0.2, 0.25) is 0 Å². The lowest BCUT2D eigenvalue weighted by Crippen LogP contribution is -1.98. The lowest BCUT2D eigenvalue weighted by atomic mass is 10.2. The fraction of sp³-hybridized carbons (Fsp3) is 0.125. The van der Waals surface area contributed by atoms with Crippen LogP contribution in [-0.4, -0.2) is 13.4 Å². The quantitative estimate of drug-likeness (QED) is 0.535. The van der Waals surface area contributed by atoms with Gasteiger partial charge < -0.3 is 10.5 Å². The number of carbonyl (C=O) groups excluding carboxylic acids is 1. The van der Waals surface area contributed by atoms with Crippen molar-refractivity contribution in [2.24, 2.45) is 0 Å². The normalized spacial score (nSPS) is 9.50. The summed E-state index contributed by atoms with van der Waals surface area (Å²) in [6.07, 6.45) is 0.487. The van der Waals surface area contributed by atoms with Crippen molar-refractivity contribution in [3.63, 3.8) is 0 Å². The van der Waals surface area contributed by atoms with Crippen molar-refractivity contribution in [3.8, 4) is 5.75 Å². The van der Waals surface area contributed by atoms with Crippen LogP contribution in [0.2, 0.25) is 0 Å². The second-order valence-corrected chi connectivity index (χ2v) is 2.23. The Morgan fingerprint density at radius 3 is 2.75 bits per heavy atom. The van der Waals surface area contributed by atoms with E-state index in [1.54, 1.807) is 0 Å². The molecular formula is C8H8FNO2. The summed E-state index contributed by atoms with van der Waals surface area (Å²) in [6, 6.07) is 2.19. The van der Waals surface area contributed by atoms with Gasteiger partial charge in [0, 0.05) is 11.6 Å². The third-order valence-electron chi connectivity index (χ3n) is 1.49. The molecule has 2 N–H and O–H groups in total. The monoisotopic (exact) mass is 169 g/mol. The lowest BCUT2D eigenvalue weighted by molar-refractivity contribution is 0.112. The van der Waals surface area contributed by atoms with E-state index in [2.05, 4.69) is 0 Å². The summed E-state index contributed by atoms with van der Waals surface area (Å²) in [5.74, 6) is -0.361. The standard InChI is InChI=1S/C8H8FNO2/c1-12-7-3-6(9)2-5(4-11)8(7)10/h2-4H,10H2,1H3. The molecule has 0 aliphatic rings. The van der Waals surface area contributed by atoms with Gasteiger partial charge >= 0.3 is 0 Å². The van der Waals surface area contributed by atoms with Crippen molar-refractivity contribution in [1.82, 2.24) is 0 Å². The molecule has 0 fully saturated rings. The Hall–Kier alpha value is -1.58. The van der Waals surface area contributed by atoms with E-state index in [0.717, 1.165) is 12.1 Å². The highest BCUT2D eigenvalue weighted by molar-refractivity contribution is 5.85. The lowest BCUT2D eigenvalue weighted by Gasteiger charge is -2.05. The van der Waals surface area contributed by atoms with Gasteiger partial charge in [-0.2, -0.15) is 0 Å². The number of benzene rings is 1. The maximum Gasteiger partial charge on any atom is 0.152 e. The van der Waals surface area contributed by atoms with Crippen molar-refractivity contribution in [2.75, 3.05) is 12.8 Å². The minimum Gasteiger partial charge on any atom is -0.494 e. The molecule has 0 saturated carbocycles. The molecule has 1 aromatic rings. The minimum atomic E-state index is -0.539. The van der Waals surface area contributed by atoms with Gasteiger partial charge in [-0.1, -0.05) is 0 Å². The van der Waals surface area contributed by atoms with Crippen molar-refractivity contribution in [3.05, 3.63) is 23.5 Å². The molecule has 1 aromatic carbocycles. The maximum atomic E-state index is 12.7. The van der Waals surface area contributed by atoms with E-state index in [1.807, 2.05) is 0 Å². The van der Waals surface area contributed by atoms with Gasteiger partial charge in [0.15, 0.2) is 6.29 Å². The van der Waals surface area contributed by atoms with Crippen molar-refractivity contribution >= 4 is 12.0 Å². The third kappa shape index (κ3) is 1.37. The number of methoxy groups -OCH3 is 1. The summed E-state index contributed by atoms with van der Waals surface area (Å²) in [4.78, 5) is 10.3. The van der Waals surface area contributed by atoms with Crippen LogP contribution in [0, 0.1) is 5.82 Å². The zero-order valence-electron chi connectivity index (χ0n) is 6.50. The number of hydrogen-bond acceptors (Lipinski definition) is 3. The van der Waals surface area contributed by atoms with Gasteiger partial charge in [0.1, 0.15) is 11.6 Å². The Bertz CT molecular complexity index is 312. The summed E-state index contributed by atoms with van der Waals surface area (Å²) in [5, 5.41) is 0. The minimum absolute atomic E-state index is 0.104. The molecular weight excluding hydrogens is 161 g/mol. The Labute approximate surface area is 68.9 Å². The number of carbonyl (C=O) groups is 1. The molecule has 0 spiro atoms. The van der Waals surface area contributed by atoms with Gasteiger partial charge in [-0.3, -0.25) is 4.79 Å². The number of nitrogen functional groups attached to an aromatic ring is 1. The Morgan fingerprint density at radius 1 is 1.58 bits per heavy atom. The van der Waals surface area contributed by atoms with E-state index < -0.39 is 5.82 Å². The van der Waals surface area contributed by atoms with Crippen LogP contribution in [0.25, 0.3) is 0 Å². The number of rotatable bonds is 2. The molecule has 0 aliphatic heterocycles. The van der Waals surface area contributed by atoms with Crippen LogP contribution in [0.15, 0.2) is 12.1 Å². The maximum absolute atomic E-state index is 12.7. The molecule has 12 heavy (non-hydrogen) atoms. The summed E-state index contributed by atoms with van der Waals surface area (Å²) in [5.41, 5.74) is 5.71. The molecule has 3 nitrogen and oxygen atoms in total.